The number of nitrogens with zero attached hydrogens (tertiary/aromatic N) is 2. The molecular formula is C20H17N2O3+. The molecule has 3 aromatic rings. The van der Waals surface area contributed by atoms with Crippen molar-refractivity contribution in [3.63, 3.8) is 0 Å². The van der Waals surface area contributed by atoms with Crippen LogP contribution in [-0.2, 0) is 6.54 Å². The lowest BCUT2D eigenvalue weighted by Crippen LogP contribution is -2.44. The summed E-state index contributed by atoms with van der Waals surface area (Å²) in [6.45, 7) is 1.95. The Bertz CT molecular complexity index is 908. The Morgan fingerprint density at radius 1 is 1.08 bits per heavy atom. The minimum Gasteiger partial charge on any atom is -0.419 e. The van der Waals surface area contributed by atoms with Crippen LogP contribution in [0.5, 0.6) is 5.75 Å². The molecule has 5 nitrogen and oxygen atoms in total. The maximum atomic E-state index is 12.5. The van der Waals surface area contributed by atoms with Crippen LogP contribution in [0.1, 0.15) is 26.4 Å². The number of benzene rings is 2. The van der Waals surface area contributed by atoms with E-state index < -0.39 is 5.97 Å². The Morgan fingerprint density at radius 2 is 1.88 bits per heavy atom. The summed E-state index contributed by atoms with van der Waals surface area (Å²) in [6.07, 6.45) is 4.52. The summed E-state index contributed by atoms with van der Waals surface area (Å²) in [5.74, 6) is -0.198. The summed E-state index contributed by atoms with van der Waals surface area (Å²) >= 11 is 0. The van der Waals surface area contributed by atoms with E-state index in [1.54, 1.807) is 47.2 Å². The maximum Gasteiger partial charge on any atom is 0.410 e. The van der Waals surface area contributed by atoms with Gasteiger partial charge in [0.05, 0.1) is 6.20 Å². The van der Waals surface area contributed by atoms with E-state index >= 15 is 0 Å². The number of aromatic nitrogens is 2. The fourth-order valence-corrected chi connectivity index (χ4v) is 2.40. The van der Waals surface area contributed by atoms with Gasteiger partial charge in [0.1, 0.15) is 11.9 Å². The molecule has 3 rings (SSSR count). The molecule has 0 fully saturated rings. The minimum absolute atomic E-state index is 0.0325. The first-order valence-corrected chi connectivity index (χ1v) is 7.84. The summed E-state index contributed by atoms with van der Waals surface area (Å²) in [5, 5.41) is 0. The van der Waals surface area contributed by atoms with Gasteiger partial charge in [-0.05, 0) is 24.6 Å². The molecule has 1 heterocycles. The van der Waals surface area contributed by atoms with Crippen LogP contribution in [0.15, 0.2) is 73.2 Å². The predicted molar refractivity (Wildman–Crippen MR) is 91.3 cm³/mol. The summed E-state index contributed by atoms with van der Waals surface area (Å²) in [4.78, 5) is 28.8. The Balaban J connectivity index is 1.81. The summed E-state index contributed by atoms with van der Waals surface area (Å²) in [5.41, 5.74) is 1.79. The number of hydrogen-bond donors (Lipinski definition) is 0. The van der Waals surface area contributed by atoms with Crippen molar-refractivity contribution < 1.29 is 18.9 Å². The zero-order chi connectivity index (χ0) is 17.6. The number of Topliss-reactive ketones (excluding diaryl/α,β-unsaturated/α-hetero) is 1. The van der Waals surface area contributed by atoms with Crippen molar-refractivity contribution in [3.8, 4) is 5.75 Å². The molecule has 0 amide bonds. The zero-order valence-electron chi connectivity index (χ0n) is 13.8. The highest BCUT2D eigenvalue weighted by Gasteiger charge is 2.24. The molecule has 2 aromatic carbocycles. The molecule has 0 aliphatic carbocycles. The molecule has 5 heteroatoms. The second-order valence-electron chi connectivity index (χ2n) is 5.58. The molecule has 124 valence electrons. The van der Waals surface area contributed by atoms with Crippen LogP contribution in [0.4, 0.5) is 0 Å². The Hall–Kier alpha value is -3.34. The second kappa shape index (κ2) is 7.49. The van der Waals surface area contributed by atoms with E-state index in [0.717, 1.165) is 5.56 Å². The van der Waals surface area contributed by atoms with Gasteiger partial charge in [0.2, 0.25) is 12.3 Å². The van der Waals surface area contributed by atoms with Crippen molar-refractivity contribution >= 4 is 11.8 Å². The first kappa shape index (κ1) is 16.5. The fourth-order valence-electron chi connectivity index (χ4n) is 2.40. The fraction of sp³-hybridized carbons (Fsp3) is 0.100. The van der Waals surface area contributed by atoms with Crippen LogP contribution in [0, 0.1) is 6.92 Å². The van der Waals surface area contributed by atoms with Crippen LogP contribution in [0.2, 0.25) is 0 Å². The van der Waals surface area contributed by atoms with E-state index in [1.807, 2.05) is 25.1 Å². The van der Waals surface area contributed by atoms with E-state index in [9.17, 15) is 9.59 Å². The number of esters is 1. The highest BCUT2D eigenvalue weighted by Crippen LogP contribution is 2.13. The van der Waals surface area contributed by atoms with Crippen LogP contribution < -0.4 is 9.30 Å². The van der Waals surface area contributed by atoms with Gasteiger partial charge in [0, 0.05) is 5.56 Å². The van der Waals surface area contributed by atoms with Crippen LogP contribution >= 0.6 is 0 Å². The first-order chi connectivity index (χ1) is 12.1. The van der Waals surface area contributed by atoms with E-state index in [0.29, 0.717) is 11.3 Å². The van der Waals surface area contributed by atoms with Gasteiger partial charge in [-0.2, -0.15) is 4.57 Å². The molecule has 0 bridgehead atoms. The molecule has 0 saturated carbocycles. The third kappa shape index (κ3) is 4.14. The van der Waals surface area contributed by atoms with Crippen molar-refractivity contribution in [1.29, 1.82) is 0 Å². The van der Waals surface area contributed by atoms with Crippen LogP contribution in [0.25, 0.3) is 0 Å². The van der Waals surface area contributed by atoms with Gasteiger partial charge in [0.15, 0.2) is 6.20 Å². The van der Waals surface area contributed by atoms with Gasteiger partial charge in [-0.1, -0.05) is 42.5 Å². The van der Waals surface area contributed by atoms with E-state index in [2.05, 4.69) is 4.98 Å². The average molecular weight is 333 g/mol. The summed E-state index contributed by atoms with van der Waals surface area (Å²) < 4.78 is 6.94. The number of hydrogen-bond acceptors (Lipinski definition) is 4. The number of rotatable bonds is 5. The Kier molecular flexibility index (Phi) is 4.95. The topological polar surface area (TPSA) is 60.1 Å². The molecule has 0 atom stereocenters. The molecule has 1 aromatic heterocycles. The molecule has 0 aliphatic rings. The van der Waals surface area contributed by atoms with Gasteiger partial charge < -0.3 is 4.74 Å². The Morgan fingerprint density at radius 3 is 2.64 bits per heavy atom. The quantitative estimate of drug-likeness (QED) is 0.312. The highest BCUT2D eigenvalue weighted by molar-refractivity contribution is 5.95. The van der Waals surface area contributed by atoms with Gasteiger partial charge in [-0.3, -0.25) is 9.78 Å². The molecule has 0 saturated heterocycles. The SMILES string of the molecule is Cc1cccc(OC(=O)c2cncc[n+]2CC(=O)c2ccccc2)c1. The normalized spacial score (nSPS) is 10.3. The van der Waals surface area contributed by atoms with Crippen LogP contribution in [0.3, 0.4) is 0 Å². The van der Waals surface area contributed by atoms with Gasteiger partial charge in [-0.25, -0.2) is 4.79 Å². The lowest BCUT2D eigenvalue weighted by atomic mass is 10.1. The van der Waals surface area contributed by atoms with Gasteiger partial charge in [-0.15, -0.1) is 0 Å². The van der Waals surface area contributed by atoms with E-state index in [-0.39, 0.29) is 18.0 Å². The summed E-state index contributed by atoms with van der Waals surface area (Å²) in [6, 6.07) is 16.2. The molecule has 0 radical (unpaired) electrons. The minimum atomic E-state index is -0.556. The molecule has 25 heavy (non-hydrogen) atoms. The smallest absolute Gasteiger partial charge is 0.410 e. The van der Waals surface area contributed by atoms with E-state index in [1.165, 1.54) is 12.4 Å². The number of aryl methyl sites for hydroxylation is 1. The zero-order valence-corrected chi connectivity index (χ0v) is 13.8. The van der Waals surface area contributed by atoms with Crippen molar-refractivity contribution in [2.45, 2.75) is 13.5 Å². The standard InChI is InChI=1S/C20H17N2O3/c1-15-6-5-9-17(12-15)25-20(24)18-13-21-10-11-22(18)14-19(23)16-7-3-2-4-8-16/h2-13H,14H2,1H3/q+1. The Labute approximate surface area is 145 Å². The number of ketones is 1. The van der Waals surface area contributed by atoms with Gasteiger partial charge >= 0.3 is 11.7 Å². The highest BCUT2D eigenvalue weighted by atomic mass is 16.5. The monoisotopic (exact) mass is 333 g/mol. The molecular weight excluding hydrogens is 316 g/mol. The van der Waals surface area contributed by atoms with Crippen molar-refractivity contribution in [1.82, 2.24) is 4.98 Å². The lowest BCUT2D eigenvalue weighted by Gasteiger charge is -2.05. The third-order valence-electron chi connectivity index (χ3n) is 3.66. The van der Waals surface area contributed by atoms with Crippen molar-refractivity contribution in [3.05, 3.63) is 90.0 Å². The van der Waals surface area contributed by atoms with Crippen LogP contribution in [-0.4, -0.2) is 16.7 Å². The second-order valence-corrected chi connectivity index (χ2v) is 5.58. The van der Waals surface area contributed by atoms with Crippen molar-refractivity contribution in [2.75, 3.05) is 0 Å². The number of carbonyl (C=O) groups is 2. The molecule has 0 aliphatic heterocycles. The molecule has 0 spiro atoms. The van der Waals surface area contributed by atoms with Gasteiger partial charge in [0.25, 0.3) is 0 Å². The largest absolute Gasteiger partial charge is 0.419 e. The average Bonchev–Trinajstić information content (AvgIpc) is 2.63. The first-order valence-electron chi connectivity index (χ1n) is 7.84. The maximum absolute atomic E-state index is 12.5. The third-order valence-corrected chi connectivity index (χ3v) is 3.66. The molecule has 0 unspecified atom stereocenters. The number of carbonyl (C=O) groups excluding carboxylic acids is 2. The predicted octanol–water partition coefficient (Wildman–Crippen LogP) is 2.78. The number of ether oxygens (including phenoxy) is 1. The molecule has 0 N–H and O–H groups in total. The lowest BCUT2D eigenvalue weighted by molar-refractivity contribution is -0.686. The van der Waals surface area contributed by atoms with Crippen molar-refractivity contribution in [2.24, 2.45) is 0 Å². The van der Waals surface area contributed by atoms with E-state index in [4.69, 9.17) is 4.74 Å². The summed E-state index contributed by atoms with van der Waals surface area (Å²) in [7, 11) is 0.